The molecule has 2 fully saturated rings. The summed E-state index contributed by atoms with van der Waals surface area (Å²) in [7, 11) is 0. The highest BCUT2D eigenvalue weighted by molar-refractivity contribution is 5.66. The van der Waals surface area contributed by atoms with Gasteiger partial charge in [0.25, 0.3) is 0 Å². The first-order chi connectivity index (χ1) is 7.20. The van der Waals surface area contributed by atoms with Crippen LogP contribution in [0.25, 0.3) is 0 Å². The standard InChI is InChI=1S/C12H21NO2/c14-11(15)3-8-13-9-6-12(7-10-13)4-1-2-5-12/h1-10H2,(H,14,15). The first-order valence-corrected chi connectivity index (χ1v) is 6.14. The van der Waals surface area contributed by atoms with Crippen LogP contribution in [0, 0.1) is 5.41 Å². The van der Waals surface area contributed by atoms with Gasteiger partial charge in [-0.15, -0.1) is 0 Å². The predicted molar refractivity (Wildman–Crippen MR) is 58.8 cm³/mol. The van der Waals surface area contributed by atoms with Crippen LogP contribution in [0.15, 0.2) is 0 Å². The molecule has 2 aliphatic rings. The van der Waals surface area contributed by atoms with E-state index in [-0.39, 0.29) is 0 Å². The van der Waals surface area contributed by atoms with Crippen LogP contribution in [0.4, 0.5) is 0 Å². The van der Waals surface area contributed by atoms with E-state index >= 15 is 0 Å². The molecule has 0 bridgehead atoms. The van der Waals surface area contributed by atoms with E-state index < -0.39 is 5.97 Å². The first-order valence-electron chi connectivity index (χ1n) is 6.14. The number of likely N-dealkylation sites (tertiary alicyclic amines) is 1. The van der Waals surface area contributed by atoms with E-state index in [4.69, 9.17) is 5.11 Å². The van der Waals surface area contributed by atoms with E-state index in [0.717, 1.165) is 19.6 Å². The Hall–Kier alpha value is -0.570. The molecule has 0 aromatic rings. The third-order valence-corrected chi connectivity index (χ3v) is 4.22. The zero-order valence-electron chi connectivity index (χ0n) is 9.37. The maximum Gasteiger partial charge on any atom is 0.304 e. The van der Waals surface area contributed by atoms with Gasteiger partial charge in [0.2, 0.25) is 0 Å². The summed E-state index contributed by atoms with van der Waals surface area (Å²) < 4.78 is 0. The minimum atomic E-state index is -0.670. The zero-order chi connectivity index (χ0) is 10.7. The molecule has 1 N–H and O–H groups in total. The number of carboxylic acids is 1. The number of rotatable bonds is 3. The van der Waals surface area contributed by atoms with Crippen molar-refractivity contribution in [2.45, 2.75) is 44.9 Å². The van der Waals surface area contributed by atoms with Crippen molar-refractivity contribution in [1.82, 2.24) is 4.90 Å². The zero-order valence-corrected chi connectivity index (χ0v) is 9.37. The first kappa shape index (κ1) is 10.9. The maximum absolute atomic E-state index is 10.5. The number of hydrogen-bond acceptors (Lipinski definition) is 2. The normalized spacial score (nSPS) is 25.9. The third-order valence-electron chi connectivity index (χ3n) is 4.22. The minimum absolute atomic E-state index is 0.299. The molecule has 1 spiro atoms. The van der Waals surface area contributed by atoms with Gasteiger partial charge in [0, 0.05) is 6.54 Å². The Kier molecular flexibility index (Phi) is 3.29. The van der Waals surface area contributed by atoms with Crippen molar-refractivity contribution >= 4 is 5.97 Å². The number of carboxylic acid groups (broad SMARTS) is 1. The molecule has 1 saturated carbocycles. The average molecular weight is 211 g/mol. The predicted octanol–water partition coefficient (Wildman–Crippen LogP) is 2.12. The number of hydrogen-bond donors (Lipinski definition) is 1. The summed E-state index contributed by atoms with van der Waals surface area (Å²) in [6.07, 6.45) is 8.55. The van der Waals surface area contributed by atoms with Crippen LogP contribution in [0.3, 0.4) is 0 Å². The number of piperidine rings is 1. The molecular weight excluding hydrogens is 190 g/mol. The van der Waals surface area contributed by atoms with Gasteiger partial charge >= 0.3 is 5.97 Å². The molecule has 0 amide bonds. The van der Waals surface area contributed by atoms with Gasteiger partial charge in [-0.05, 0) is 44.2 Å². The molecule has 0 unspecified atom stereocenters. The Balaban J connectivity index is 1.74. The fraction of sp³-hybridized carbons (Fsp3) is 0.917. The third kappa shape index (κ3) is 2.71. The summed E-state index contributed by atoms with van der Waals surface area (Å²) in [6, 6.07) is 0. The molecule has 2 rings (SSSR count). The van der Waals surface area contributed by atoms with E-state index in [1.165, 1.54) is 38.5 Å². The summed E-state index contributed by atoms with van der Waals surface area (Å²) in [5.41, 5.74) is 0.653. The van der Waals surface area contributed by atoms with Crippen molar-refractivity contribution < 1.29 is 9.90 Å². The maximum atomic E-state index is 10.5. The average Bonchev–Trinajstić information content (AvgIpc) is 2.66. The number of nitrogens with zero attached hydrogens (tertiary/aromatic N) is 1. The van der Waals surface area contributed by atoms with Crippen LogP contribution in [-0.2, 0) is 4.79 Å². The molecule has 1 saturated heterocycles. The van der Waals surface area contributed by atoms with Gasteiger partial charge < -0.3 is 10.0 Å². The van der Waals surface area contributed by atoms with Crippen molar-refractivity contribution in [2.75, 3.05) is 19.6 Å². The lowest BCUT2D eigenvalue weighted by Gasteiger charge is -2.39. The summed E-state index contributed by atoms with van der Waals surface area (Å²) in [6.45, 7) is 2.98. The molecule has 1 heterocycles. The molecular formula is C12H21NO2. The highest BCUT2D eigenvalue weighted by Crippen LogP contribution is 2.45. The van der Waals surface area contributed by atoms with Crippen LogP contribution < -0.4 is 0 Å². The van der Waals surface area contributed by atoms with E-state index in [1.54, 1.807) is 0 Å². The highest BCUT2D eigenvalue weighted by Gasteiger charge is 2.36. The SMILES string of the molecule is O=C(O)CCN1CCC2(CCCC2)CC1. The summed E-state index contributed by atoms with van der Waals surface area (Å²) in [5.74, 6) is -0.670. The minimum Gasteiger partial charge on any atom is -0.481 e. The smallest absolute Gasteiger partial charge is 0.304 e. The summed E-state index contributed by atoms with van der Waals surface area (Å²) >= 11 is 0. The topological polar surface area (TPSA) is 40.5 Å². The Labute approximate surface area is 91.5 Å². The van der Waals surface area contributed by atoms with Crippen molar-refractivity contribution in [3.05, 3.63) is 0 Å². The second-order valence-electron chi connectivity index (χ2n) is 5.19. The van der Waals surface area contributed by atoms with Crippen molar-refractivity contribution in [1.29, 1.82) is 0 Å². The summed E-state index contributed by atoms with van der Waals surface area (Å²) in [4.78, 5) is 12.8. The molecule has 3 nitrogen and oxygen atoms in total. The lowest BCUT2D eigenvalue weighted by atomic mass is 9.77. The molecule has 1 aliphatic carbocycles. The molecule has 0 aromatic heterocycles. The Morgan fingerprint density at radius 3 is 2.27 bits per heavy atom. The van der Waals surface area contributed by atoms with E-state index in [0.29, 0.717) is 11.8 Å². The molecule has 15 heavy (non-hydrogen) atoms. The second-order valence-corrected chi connectivity index (χ2v) is 5.19. The fourth-order valence-electron chi connectivity index (χ4n) is 3.13. The van der Waals surface area contributed by atoms with Crippen LogP contribution in [0.5, 0.6) is 0 Å². The quantitative estimate of drug-likeness (QED) is 0.777. The molecule has 1 aliphatic heterocycles. The van der Waals surface area contributed by atoms with Gasteiger partial charge in [0.1, 0.15) is 0 Å². The highest BCUT2D eigenvalue weighted by atomic mass is 16.4. The summed E-state index contributed by atoms with van der Waals surface area (Å²) in [5, 5.41) is 8.62. The van der Waals surface area contributed by atoms with E-state index in [9.17, 15) is 4.79 Å². The van der Waals surface area contributed by atoms with Gasteiger partial charge in [-0.25, -0.2) is 0 Å². The van der Waals surface area contributed by atoms with Gasteiger partial charge in [0.15, 0.2) is 0 Å². The van der Waals surface area contributed by atoms with Crippen molar-refractivity contribution in [2.24, 2.45) is 5.41 Å². The Morgan fingerprint density at radius 1 is 1.13 bits per heavy atom. The number of carbonyl (C=O) groups is 1. The monoisotopic (exact) mass is 211 g/mol. The molecule has 0 radical (unpaired) electrons. The van der Waals surface area contributed by atoms with Gasteiger partial charge in [-0.2, -0.15) is 0 Å². The lowest BCUT2D eigenvalue weighted by molar-refractivity contribution is -0.137. The molecule has 0 atom stereocenters. The Bertz CT molecular complexity index is 224. The van der Waals surface area contributed by atoms with Crippen molar-refractivity contribution in [3.63, 3.8) is 0 Å². The van der Waals surface area contributed by atoms with E-state index in [1.807, 2.05) is 0 Å². The number of aliphatic carboxylic acids is 1. The van der Waals surface area contributed by atoms with Gasteiger partial charge in [-0.1, -0.05) is 12.8 Å². The van der Waals surface area contributed by atoms with Gasteiger partial charge in [0.05, 0.1) is 6.42 Å². The Morgan fingerprint density at radius 2 is 1.73 bits per heavy atom. The van der Waals surface area contributed by atoms with Crippen LogP contribution in [0.1, 0.15) is 44.9 Å². The lowest BCUT2D eigenvalue weighted by Crippen LogP contribution is -2.39. The van der Waals surface area contributed by atoms with Crippen molar-refractivity contribution in [3.8, 4) is 0 Å². The van der Waals surface area contributed by atoms with Crippen LogP contribution >= 0.6 is 0 Å². The molecule has 3 heteroatoms. The molecule has 86 valence electrons. The van der Waals surface area contributed by atoms with Crippen LogP contribution in [-0.4, -0.2) is 35.6 Å². The van der Waals surface area contributed by atoms with E-state index in [2.05, 4.69) is 4.90 Å². The van der Waals surface area contributed by atoms with Crippen LogP contribution in [0.2, 0.25) is 0 Å². The molecule has 0 aromatic carbocycles. The second kappa shape index (κ2) is 4.52. The van der Waals surface area contributed by atoms with Gasteiger partial charge in [-0.3, -0.25) is 4.79 Å². The largest absolute Gasteiger partial charge is 0.481 e. The fourth-order valence-corrected chi connectivity index (χ4v) is 3.13.